The predicted octanol–water partition coefficient (Wildman–Crippen LogP) is 2.74. The summed E-state index contributed by atoms with van der Waals surface area (Å²) >= 11 is 8.31. The van der Waals surface area contributed by atoms with Gasteiger partial charge in [0, 0.05) is 28.2 Å². The summed E-state index contributed by atoms with van der Waals surface area (Å²) in [6, 6.07) is 6.11. The number of nitrogens with one attached hydrogen (secondary N) is 1. The molecule has 1 aliphatic rings. The van der Waals surface area contributed by atoms with Crippen LogP contribution in [-0.2, 0) is 0 Å². The van der Waals surface area contributed by atoms with Crippen LogP contribution in [0.15, 0.2) is 18.2 Å². The Bertz CT molecular complexity index is 335. The Morgan fingerprint density at radius 3 is 2.93 bits per heavy atom. The number of rotatable bonds is 1. The van der Waals surface area contributed by atoms with E-state index in [1.165, 1.54) is 15.7 Å². The van der Waals surface area contributed by atoms with Gasteiger partial charge in [-0.3, -0.25) is 0 Å². The van der Waals surface area contributed by atoms with Gasteiger partial charge in [-0.1, -0.05) is 11.6 Å². The maximum Gasteiger partial charge on any atom is 0.0503 e. The first-order valence-corrected chi connectivity index (χ1v) is 6.64. The number of nitrogens with zero attached hydrogens (tertiary/aromatic N) is 1. The van der Waals surface area contributed by atoms with E-state index in [1.54, 1.807) is 0 Å². The lowest BCUT2D eigenvalue weighted by Gasteiger charge is -2.23. The molecule has 1 N–H and O–H groups in total. The predicted molar refractivity (Wildman–Crippen MR) is 73.9 cm³/mol. The zero-order chi connectivity index (χ0) is 10.7. The molecular weight excluding hydrogens is 322 g/mol. The molecule has 0 saturated carbocycles. The second-order valence-corrected chi connectivity index (χ2v) is 5.28. The Labute approximate surface area is 109 Å². The van der Waals surface area contributed by atoms with Crippen molar-refractivity contribution in [1.82, 2.24) is 5.32 Å². The molecule has 82 valence electrons. The van der Waals surface area contributed by atoms with Crippen molar-refractivity contribution in [3.63, 3.8) is 0 Å². The van der Waals surface area contributed by atoms with Gasteiger partial charge in [-0.05, 0) is 53.8 Å². The molecule has 0 bridgehead atoms. The summed E-state index contributed by atoms with van der Waals surface area (Å²) in [5.74, 6) is 0. The average Bonchev–Trinajstić information content (AvgIpc) is 2.46. The van der Waals surface area contributed by atoms with E-state index in [0.717, 1.165) is 31.2 Å². The van der Waals surface area contributed by atoms with Gasteiger partial charge in [-0.25, -0.2) is 0 Å². The number of anilines is 1. The summed E-state index contributed by atoms with van der Waals surface area (Å²) < 4.78 is 1.24. The Morgan fingerprint density at radius 1 is 1.27 bits per heavy atom. The Balaban J connectivity index is 2.19. The van der Waals surface area contributed by atoms with Crippen molar-refractivity contribution < 1.29 is 0 Å². The molecule has 1 aliphatic heterocycles. The lowest BCUT2D eigenvalue weighted by atomic mass is 10.2. The number of benzene rings is 1. The van der Waals surface area contributed by atoms with E-state index in [4.69, 9.17) is 11.6 Å². The molecule has 0 unspecified atom stereocenters. The van der Waals surface area contributed by atoms with E-state index in [2.05, 4.69) is 38.9 Å². The minimum Gasteiger partial charge on any atom is -0.369 e. The normalized spacial score (nSPS) is 17.6. The molecule has 0 aliphatic carbocycles. The van der Waals surface area contributed by atoms with Gasteiger partial charge in [0.05, 0.1) is 5.69 Å². The second kappa shape index (κ2) is 5.37. The van der Waals surface area contributed by atoms with Crippen molar-refractivity contribution in [3.8, 4) is 0 Å². The second-order valence-electron chi connectivity index (χ2n) is 3.69. The third-order valence-electron chi connectivity index (χ3n) is 2.59. The quantitative estimate of drug-likeness (QED) is 0.793. The molecule has 1 aromatic rings. The molecule has 1 aromatic carbocycles. The zero-order valence-electron chi connectivity index (χ0n) is 8.47. The Morgan fingerprint density at radius 2 is 2.13 bits per heavy atom. The molecule has 2 rings (SSSR count). The van der Waals surface area contributed by atoms with E-state index < -0.39 is 0 Å². The van der Waals surface area contributed by atoms with Crippen LogP contribution in [0.1, 0.15) is 6.42 Å². The first kappa shape index (κ1) is 11.5. The van der Waals surface area contributed by atoms with Gasteiger partial charge in [0.25, 0.3) is 0 Å². The van der Waals surface area contributed by atoms with Crippen LogP contribution < -0.4 is 10.2 Å². The molecule has 0 aromatic heterocycles. The van der Waals surface area contributed by atoms with Gasteiger partial charge in [-0.15, -0.1) is 0 Å². The standard InChI is InChI=1S/C11H14ClIN2/c12-9-2-3-11(10(13)8-9)15-6-1-4-14-5-7-15/h2-3,8,14H,1,4-7H2. The van der Waals surface area contributed by atoms with Crippen molar-refractivity contribution in [3.05, 3.63) is 26.8 Å². The summed E-state index contributed by atoms with van der Waals surface area (Å²) in [4.78, 5) is 2.43. The zero-order valence-corrected chi connectivity index (χ0v) is 11.4. The van der Waals surface area contributed by atoms with E-state index in [0.29, 0.717) is 0 Å². The van der Waals surface area contributed by atoms with Gasteiger partial charge < -0.3 is 10.2 Å². The number of hydrogen-bond donors (Lipinski definition) is 1. The highest BCUT2D eigenvalue weighted by atomic mass is 127. The van der Waals surface area contributed by atoms with Crippen molar-refractivity contribution in [2.24, 2.45) is 0 Å². The van der Waals surface area contributed by atoms with Crippen LogP contribution in [0.5, 0.6) is 0 Å². The van der Waals surface area contributed by atoms with Gasteiger partial charge in [0.1, 0.15) is 0 Å². The lowest BCUT2D eigenvalue weighted by Crippen LogP contribution is -2.28. The fraction of sp³-hybridized carbons (Fsp3) is 0.455. The minimum atomic E-state index is 0.816. The van der Waals surface area contributed by atoms with Crippen molar-refractivity contribution in [1.29, 1.82) is 0 Å². The number of hydrogen-bond acceptors (Lipinski definition) is 2. The summed E-state index contributed by atoms with van der Waals surface area (Å²) in [5, 5.41) is 4.22. The van der Waals surface area contributed by atoms with E-state index in [1.807, 2.05) is 12.1 Å². The van der Waals surface area contributed by atoms with Crippen LogP contribution in [0.4, 0.5) is 5.69 Å². The molecule has 0 radical (unpaired) electrons. The van der Waals surface area contributed by atoms with Crippen LogP contribution in [0.25, 0.3) is 0 Å². The Kier molecular flexibility index (Phi) is 4.11. The average molecular weight is 337 g/mol. The maximum absolute atomic E-state index is 5.95. The highest BCUT2D eigenvalue weighted by molar-refractivity contribution is 14.1. The third kappa shape index (κ3) is 2.98. The molecule has 15 heavy (non-hydrogen) atoms. The summed E-state index contributed by atoms with van der Waals surface area (Å²) in [7, 11) is 0. The lowest BCUT2D eigenvalue weighted by molar-refractivity contribution is 0.724. The van der Waals surface area contributed by atoms with Crippen LogP contribution in [0.2, 0.25) is 5.02 Å². The first-order valence-electron chi connectivity index (χ1n) is 5.18. The molecule has 1 saturated heterocycles. The largest absolute Gasteiger partial charge is 0.369 e. The topological polar surface area (TPSA) is 15.3 Å². The highest BCUT2D eigenvalue weighted by Crippen LogP contribution is 2.26. The summed E-state index contributed by atoms with van der Waals surface area (Å²) in [6.07, 6.45) is 1.21. The summed E-state index contributed by atoms with van der Waals surface area (Å²) in [6.45, 7) is 4.40. The van der Waals surface area contributed by atoms with Gasteiger partial charge in [0.15, 0.2) is 0 Å². The highest BCUT2D eigenvalue weighted by Gasteiger charge is 2.12. The number of halogens is 2. The van der Waals surface area contributed by atoms with Gasteiger partial charge >= 0.3 is 0 Å². The molecule has 0 spiro atoms. The summed E-state index contributed by atoms with van der Waals surface area (Å²) in [5.41, 5.74) is 1.31. The SMILES string of the molecule is Clc1ccc(N2CCCNCC2)c(I)c1. The third-order valence-corrected chi connectivity index (χ3v) is 3.69. The van der Waals surface area contributed by atoms with Crippen molar-refractivity contribution in [2.75, 3.05) is 31.1 Å². The maximum atomic E-state index is 5.95. The van der Waals surface area contributed by atoms with Crippen molar-refractivity contribution in [2.45, 2.75) is 6.42 Å². The van der Waals surface area contributed by atoms with Crippen LogP contribution >= 0.6 is 34.2 Å². The fourth-order valence-electron chi connectivity index (χ4n) is 1.82. The minimum absolute atomic E-state index is 0.816. The molecular formula is C11H14ClIN2. The van der Waals surface area contributed by atoms with Gasteiger partial charge in [0.2, 0.25) is 0 Å². The molecule has 2 nitrogen and oxygen atoms in total. The van der Waals surface area contributed by atoms with E-state index in [-0.39, 0.29) is 0 Å². The fourth-order valence-corrected chi connectivity index (χ4v) is 3.04. The van der Waals surface area contributed by atoms with Crippen LogP contribution in [0, 0.1) is 3.57 Å². The van der Waals surface area contributed by atoms with Gasteiger partial charge in [-0.2, -0.15) is 0 Å². The first-order chi connectivity index (χ1) is 7.27. The van der Waals surface area contributed by atoms with Crippen molar-refractivity contribution >= 4 is 39.9 Å². The van der Waals surface area contributed by atoms with Crippen LogP contribution in [-0.4, -0.2) is 26.2 Å². The van der Waals surface area contributed by atoms with Crippen LogP contribution in [0.3, 0.4) is 0 Å². The molecule has 1 heterocycles. The monoisotopic (exact) mass is 336 g/mol. The molecule has 0 amide bonds. The smallest absolute Gasteiger partial charge is 0.0503 e. The molecule has 0 atom stereocenters. The van der Waals surface area contributed by atoms with E-state index >= 15 is 0 Å². The van der Waals surface area contributed by atoms with E-state index in [9.17, 15) is 0 Å². The molecule has 4 heteroatoms. The Hall–Kier alpha value is -0.000000000000000111. The molecule has 1 fully saturated rings.